The third-order valence-electron chi connectivity index (χ3n) is 1.74. The van der Waals surface area contributed by atoms with Crippen molar-refractivity contribution in [3.8, 4) is 0 Å². The topological polar surface area (TPSA) is 51.3 Å². The molecular weight excluding hydrogens is 162 g/mol. The van der Waals surface area contributed by atoms with E-state index in [1.165, 1.54) is 0 Å². The maximum absolute atomic E-state index is 5.69. The highest BCUT2D eigenvalue weighted by Crippen LogP contribution is 1.98. The van der Waals surface area contributed by atoms with Crippen LogP contribution >= 0.6 is 0 Å². The molecule has 1 rings (SSSR count). The molecule has 2 N–H and O–H groups in total. The number of pyridine rings is 1. The van der Waals surface area contributed by atoms with Gasteiger partial charge in [0.25, 0.3) is 0 Å². The summed E-state index contributed by atoms with van der Waals surface area (Å²) in [6.07, 6.45) is 1.76. The lowest BCUT2D eigenvalue weighted by Gasteiger charge is -2.03. The average Bonchev–Trinajstić information content (AvgIpc) is 2.15. The van der Waals surface area contributed by atoms with Gasteiger partial charge in [-0.2, -0.15) is 0 Å². The first-order valence-electron chi connectivity index (χ1n) is 4.40. The molecule has 0 unspecified atom stereocenters. The first kappa shape index (κ1) is 9.71. The Hall–Kier alpha value is -1.38. The molecule has 3 nitrogen and oxygen atoms in total. The van der Waals surface area contributed by atoms with Crippen LogP contribution in [-0.4, -0.2) is 10.8 Å². The molecule has 1 aromatic heterocycles. The summed E-state index contributed by atoms with van der Waals surface area (Å²) in [5.74, 6) is 0.995. The smallest absolute Gasteiger partial charge is 0.0967 e. The molecular formula is C10H15N3. The highest BCUT2D eigenvalue weighted by molar-refractivity contribution is 5.82. The van der Waals surface area contributed by atoms with E-state index in [2.05, 4.69) is 9.98 Å². The predicted molar refractivity (Wildman–Crippen MR) is 54.4 cm³/mol. The minimum absolute atomic E-state index is 0.309. The van der Waals surface area contributed by atoms with Gasteiger partial charge in [0.1, 0.15) is 0 Å². The quantitative estimate of drug-likeness (QED) is 0.563. The van der Waals surface area contributed by atoms with Crippen molar-refractivity contribution in [2.75, 3.05) is 0 Å². The fourth-order valence-corrected chi connectivity index (χ4v) is 0.847. The molecule has 0 saturated carbocycles. The van der Waals surface area contributed by atoms with Crippen molar-refractivity contribution in [3.05, 3.63) is 30.1 Å². The molecule has 0 radical (unpaired) electrons. The highest BCUT2D eigenvalue weighted by Gasteiger charge is 1.98. The van der Waals surface area contributed by atoms with Crippen LogP contribution in [0.5, 0.6) is 0 Å². The molecule has 70 valence electrons. The Kier molecular flexibility index (Phi) is 3.43. The number of aliphatic imine (C=N–C) groups is 1. The zero-order chi connectivity index (χ0) is 9.68. The Morgan fingerprint density at radius 1 is 1.54 bits per heavy atom. The van der Waals surface area contributed by atoms with E-state index in [1.807, 2.05) is 32.0 Å². The fraction of sp³-hybridized carbons (Fsp3) is 0.400. The van der Waals surface area contributed by atoms with Crippen molar-refractivity contribution in [3.63, 3.8) is 0 Å². The molecule has 3 heteroatoms. The van der Waals surface area contributed by atoms with E-state index in [4.69, 9.17) is 5.73 Å². The van der Waals surface area contributed by atoms with Crippen molar-refractivity contribution in [1.82, 2.24) is 4.98 Å². The summed E-state index contributed by atoms with van der Waals surface area (Å²) in [4.78, 5) is 8.37. The molecule has 0 aliphatic carbocycles. The average molecular weight is 177 g/mol. The molecule has 0 aliphatic rings. The number of hydrogen-bond donors (Lipinski definition) is 1. The molecule has 0 saturated heterocycles. The Bertz CT molecular complexity index is 277. The number of amidine groups is 1. The summed E-state index contributed by atoms with van der Waals surface area (Å²) in [5.41, 5.74) is 6.64. The van der Waals surface area contributed by atoms with Crippen LogP contribution in [0.3, 0.4) is 0 Å². The summed E-state index contributed by atoms with van der Waals surface area (Å²) in [6.45, 7) is 4.62. The van der Waals surface area contributed by atoms with E-state index in [0.29, 0.717) is 18.3 Å². The van der Waals surface area contributed by atoms with Crippen molar-refractivity contribution >= 4 is 5.84 Å². The summed E-state index contributed by atoms with van der Waals surface area (Å²) >= 11 is 0. The molecule has 0 spiro atoms. The van der Waals surface area contributed by atoms with E-state index in [1.54, 1.807) is 6.20 Å². The van der Waals surface area contributed by atoms with Gasteiger partial charge in [-0.1, -0.05) is 19.9 Å². The van der Waals surface area contributed by atoms with E-state index in [0.717, 1.165) is 5.69 Å². The third-order valence-corrected chi connectivity index (χ3v) is 1.74. The number of aromatic nitrogens is 1. The lowest BCUT2D eigenvalue weighted by Crippen LogP contribution is -2.18. The number of hydrogen-bond acceptors (Lipinski definition) is 2. The van der Waals surface area contributed by atoms with Crippen LogP contribution in [0.1, 0.15) is 19.5 Å². The number of nitrogens with two attached hydrogens (primary N) is 1. The maximum Gasteiger partial charge on any atom is 0.0967 e. The second-order valence-electron chi connectivity index (χ2n) is 3.22. The molecule has 0 aliphatic heterocycles. The monoisotopic (exact) mass is 177 g/mol. The Labute approximate surface area is 78.7 Å². The zero-order valence-corrected chi connectivity index (χ0v) is 8.07. The van der Waals surface area contributed by atoms with Gasteiger partial charge in [-0.25, -0.2) is 0 Å². The zero-order valence-electron chi connectivity index (χ0n) is 8.07. The van der Waals surface area contributed by atoms with E-state index in [9.17, 15) is 0 Å². The van der Waals surface area contributed by atoms with Crippen molar-refractivity contribution in [1.29, 1.82) is 0 Å². The van der Waals surface area contributed by atoms with Crippen molar-refractivity contribution in [2.45, 2.75) is 20.4 Å². The van der Waals surface area contributed by atoms with Crippen LogP contribution in [0.2, 0.25) is 0 Å². The molecule has 0 atom stereocenters. The number of rotatable bonds is 3. The molecule has 0 fully saturated rings. The molecule has 0 bridgehead atoms. The summed E-state index contributed by atoms with van der Waals surface area (Å²) in [5, 5.41) is 0. The fourth-order valence-electron chi connectivity index (χ4n) is 0.847. The van der Waals surface area contributed by atoms with Gasteiger partial charge in [0.05, 0.1) is 18.1 Å². The molecule has 0 aromatic carbocycles. The second kappa shape index (κ2) is 4.60. The lowest BCUT2D eigenvalue weighted by molar-refractivity contribution is 0.849. The summed E-state index contributed by atoms with van der Waals surface area (Å²) < 4.78 is 0. The Morgan fingerprint density at radius 2 is 2.31 bits per heavy atom. The Balaban J connectivity index is 2.57. The maximum atomic E-state index is 5.69. The van der Waals surface area contributed by atoms with Crippen LogP contribution in [0, 0.1) is 5.92 Å². The van der Waals surface area contributed by atoms with Gasteiger partial charge in [-0.05, 0) is 12.1 Å². The van der Waals surface area contributed by atoms with Crippen LogP contribution in [0.15, 0.2) is 29.4 Å². The largest absolute Gasteiger partial charge is 0.387 e. The van der Waals surface area contributed by atoms with Gasteiger partial charge >= 0.3 is 0 Å². The molecule has 0 amide bonds. The van der Waals surface area contributed by atoms with Gasteiger partial charge < -0.3 is 5.73 Å². The SMILES string of the molecule is CC(C)C(N)=NCc1ccccn1. The van der Waals surface area contributed by atoms with Gasteiger partial charge in [0.15, 0.2) is 0 Å². The van der Waals surface area contributed by atoms with E-state index in [-0.39, 0.29) is 0 Å². The van der Waals surface area contributed by atoms with E-state index >= 15 is 0 Å². The second-order valence-corrected chi connectivity index (χ2v) is 3.22. The Morgan fingerprint density at radius 3 is 2.85 bits per heavy atom. The minimum atomic E-state index is 0.309. The summed E-state index contributed by atoms with van der Waals surface area (Å²) in [7, 11) is 0. The highest BCUT2D eigenvalue weighted by atomic mass is 14.9. The van der Waals surface area contributed by atoms with Crippen molar-refractivity contribution in [2.24, 2.45) is 16.6 Å². The molecule has 1 aromatic rings. The molecule has 1 heterocycles. The third kappa shape index (κ3) is 3.23. The first-order valence-corrected chi connectivity index (χ1v) is 4.40. The van der Waals surface area contributed by atoms with Crippen LogP contribution in [0.25, 0.3) is 0 Å². The van der Waals surface area contributed by atoms with Crippen LogP contribution in [-0.2, 0) is 6.54 Å². The number of nitrogens with zero attached hydrogens (tertiary/aromatic N) is 2. The van der Waals surface area contributed by atoms with Gasteiger partial charge in [0.2, 0.25) is 0 Å². The minimum Gasteiger partial charge on any atom is -0.387 e. The predicted octanol–water partition coefficient (Wildman–Crippen LogP) is 1.59. The van der Waals surface area contributed by atoms with Crippen molar-refractivity contribution < 1.29 is 0 Å². The molecule has 13 heavy (non-hydrogen) atoms. The van der Waals surface area contributed by atoms with E-state index < -0.39 is 0 Å². The normalized spacial score (nSPS) is 12.1. The standard InChI is InChI=1S/C10H15N3/c1-8(2)10(11)13-7-9-5-3-4-6-12-9/h3-6,8H,7H2,1-2H3,(H2,11,13). The summed E-state index contributed by atoms with van der Waals surface area (Å²) in [6, 6.07) is 5.78. The van der Waals surface area contributed by atoms with Gasteiger partial charge in [-0.3, -0.25) is 9.98 Å². The van der Waals surface area contributed by atoms with Gasteiger partial charge in [0, 0.05) is 12.1 Å². The lowest BCUT2D eigenvalue weighted by atomic mass is 10.2. The van der Waals surface area contributed by atoms with Gasteiger partial charge in [-0.15, -0.1) is 0 Å². The van der Waals surface area contributed by atoms with Crippen LogP contribution < -0.4 is 5.73 Å². The van der Waals surface area contributed by atoms with Crippen LogP contribution in [0.4, 0.5) is 0 Å². The first-order chi connectivity index (χ1) is 6.20.